The first-order valence-electron chi connectivity index (χ1n) is 15.9. The second-order valence-corrected chi connectivity index (χ2v) is 13.0. The topological polar surface area (TPSA) is 62.9 Å². The van der Waals surface area contributed by atoms with E-state index in [0.717, 1.165) is 99.2 Å². The quantitative estimate of drug-likeness (QED) is 0.298. The van der Waals surface area contributed by atoms with Crippen molar-refractivity contribution in [3.63, 3.8) is 0 Å². The molecular formula is C33H49N5O2. The molecule has 7 nitrogen and oxygen atoms in total. The first-order valence-corrected chi connectivity index (χ1v) is 15.9. The van der Waals surface area contributed by atoms with Gasteiger partial charge in [-0.15, -0.1) is 0 Å². The Morgan fingerprint density at radius 1 is 0.900 bits per heavy atom. The van der Waals surface area contributed by atoms with Crippen LogP contribution in [-0.4, -0.2) is 62.4 Å². The van der Waals surface area contributed by atoms with Crippen molar-refractivity contribution in [1.29, 1.82) is 0 Å². The van der Waals surface area contributed by atoms with Crippen LogP contribution < -0.4 is 5.56 Å². The van der Waals surface area contributed by atoms with Crippen molar-refractivity contribution >= 4 is 22.7 Å². The number of carbonyl (C=O) groups is 1. The van der Waals surface area contributed by atoms with Gasteiger partial charge in [0.25, 0.3) is 11.5 Å². The van der Waals surface area contributed by atoms with E-state index in [1.165, 1.54) is 32.4 Å². The summed E-state index contributed by atoms with van der Waals surface area (Å²) in [5, 5.41) is 0. The molecule has 3 aromatic rings. The molecule has 5 rings (SSSR count). The highest BCUT2D eigenvalue weighted by Crippen LogP contribution is 2.25. The number of hydrogen-bond acceptors (Lipinski definition) is 4. The molecule has 1 aliphatic carbocycles. The average Bonchev–Trinajstić information content (AvgIpc) is 3.26. The minimum absolute atomic E-state index is 0.0778. The molecule has 218 valence electrons. The Labute approximate surface area is 239 Å². The first kappa shape index (κ1) is 28.8. The van der Waals surface area contributed by atoms with Crippen LogP contribution in [0.15, 0.2) is 23.0 Å². The third kappa shape index (κ3) is 6.29. The lowest BCUT2D eigenvalue weighted by Crippen LogP contribution is -2.34. The van der Waals surface area contributed by atoms with Crippen LogP contribution in [0.2, 0.25) is 0 Å². The van der Waals surface area contributed by atoms with Gasteiger partial charge in [-0.1, -0.05) is 34.1 Å². The zero-order chi connectivity index (χ0) is 28.2. The van der Waals surface area contributed by atoms with Gasteiger partial charge in [-0.2, -0.15) is 0 Å². The van der Waals surface area contributed by atoms with E-state index in [2.05, 4.69) is 37.2 Å². The first-order chi connectivity index (χ1) is 19.3. The Kier molecular flexibility index (Phi) is 9.29. The molecule has 0 radical (unpaired) electrons. The van der Waals surface area contributed by atoms with E-state index < -0.39 is 0 Å². The molecule has 0 N–H and O–H groups in total. The number of aromatic nitrogens is 3. The second kappa shape index (κ2) is 12.9. The predicted octanol–water partition coefficient (Wildman–Crippen LogP) is 5.94. The van der Waals surface area contributed by atoms with Gasteiger partial charge in [-0.05, 0) is 107 Å². The van der Waals surface area contributed by atoms with E-state index in [9.17, 15) is 9.59 Å². The molecule has 1 aliphatic heterocycles. The Bertz CT molecular complexity index is 1370. The molecule has 1 saturated heterocycles. The molecule has 0 spiro atoms. The SMILES string of the molecule is CC(C)CCN(CCC(C)C)C(=O)c1ccc2c(c1)n(CCCN1CCCCC1)c1nc3c(c(=O)n21)CCCC3. The van der Waals surface area contributed by atoms with Gasteiger partial charge in [0.1, 0.15) is 0 Å². The van der Waals surface area contributed by atoms with Crippen LogP contribution in [0, 0.1) is 11.8 Å². The van der Waals surface area contributed by atoms with E-state index in [1.54, 1.807) is 0 Å². The molecule has 40 heavy (non-hydrogen) atoms. The maximum absolute atomic E-state index is 13.9. The summed E-state index contributed by atoms with van der Waals surface area (Å²) in [6.07, 6.45) is 10.7. The van der Waals surface area contributed by atoms with Crippen LogP contribution in [0.5, 0.6) is 0 Å². The highest BCUT2D eigenvalue weighted by Gasteiger charge is 2.23. The van der Waals surface area contributed by atoms with E-state index in [-0.39, 0.29) is 11.5 Å². The maximum atomic E-state index is 13.9. The van der Waals surface area contributed by atoms with Crippen molar-refractivity contribution in [2.75, 3.05) is 32.7 Å². The number of likely N-dealkylation sites (tertiary alicyclic amines) is 1. The van der Waals surface area contributed by atoms with Gasteiger partial charge < -0.3 is 14.4 Å². The highest BCUT2D eigenvalue weighted by atomic mass is 16.2. The van der Waals surface area contributed by atoms with Crippen molar-refractivity contribution < 1.29 is 4.79 Å². The highest BCUT2D eigenvalue weighted by molar-refractivity contribution is 5.98. The smallest absolute Gasteiger partial charge is 0.263 e. The standard InChI is InChI=1S/C33H49N5O2/c1-24(2)15-21-36(22-16-25(3)4)31(39)26-13-14-29-30(23-26)37(20-10-19-35-17-8-5-9-18-35)33-34-28-12-7-6-11-27(28)32(40)38(29)33/h13-14,23-25H,5-12,15-22H2,1-4H3. The molecule has 7 heteroatoms. The van der Waals surface area contributed by atoms with E-state index in [0.29, 0.717) is 17.4 Å². The van der Waals surface area contributed by atoms with Gasteiger partial charge in [0.15, 0.2) is 0 Å². The maximum Gasteiger partial charge on any atom is 0.263 e. The third-order valence-corrected chi connectivity index (χ3v) is 8.88. The lowest BCUT2D eigenvalue weighted by Gasteiger charge is -2.26. The van der Waals surface area contributed by atoms with E-state index >= 15 is 0 Å². The number of fused-ring (bicyclic) bond motifs is 4. The van der Waals surface area contributed by atoms with Crippen molar-refractivity contribution in [1.82, 2.24) is 23.8 Å². The molecule has 1 aromatic carbocycles. The Hall–Kier alpha value is -2.67. The predicted molar refractivity (Wildman–Crippen MR) is 163 cm³/mol. The summed E-state index contributed by atoms with van der Waals surface area (Å²) in [5.74, 6) is 1.92. The van der Waals surface area contributed by atoms with Crippen LogP contribution >= 0.6 is 0 Å². The van der Waals surface area contributed by atoms with Crippen molar-refractivity contribution in [3.8, 4) is 0 Å². The van der Waals surface area contributed by atoms with E-state index in [1.807, 2.05) is 27.5 Å². The third-order valence-electron chi connectivity index (χ3n) is 8.88. The minimum atomic E-state index is 0.0778. The average molecular weight is 548 g/mol. The van der Waals surface area contributed by atoms with Crippen molar-refractivity contribution in [3.05, 3.63) is 45.4 Å². The fraction of sp³-hybridized carbons (Fsp3) is 0.667. The number of carbonyl (C=O) groups excluding carboxylic acids is 1. The molecule has 1 fully saturated rings. The number of aryl methyl sites for hydroxylation is 2. The van der Waals surface area contributed by atoms with Crippen molar-refractivity contribution in [2.24, 2.45) is 11.8 Å². The second-order valence-electron chi connectivity index (χ2n) is 13.0. The molecule has 0 unspecified atom stereocenters. The Balaban J connectivity index is 1.53. The van der Waals surface area contributed by atoms with Gasteiger partial charge in [-0.25, -0.2) is 9.38 Å². The summed E-state index contributed by atoms with van der Waals surface area (Å²) in [7, 11) is 0. The van der Waals surface area contributed by atoms with Crippen LogP contribution in [-0.2, 0) is 19.4 Å². The minimum Gasteiger partial charge on any atom is -0.339 e. The number of nitrogens with zero attached hydrogens (tertiary/aromatic N) is 5. The van der Waals surface area contributed by atoms with Gasteiger partial charge in [0.05, 0.1) is 16.7 Å². The van der Waals surface area contributed by atoms with Gasteiger partial charge >= 0.3 is 0 Å². The molecule has 2 aliphatic rings. The normalized spacial score (nSPS) is 16.4. The number of benzene rings is 1. The molecule has 0 atom stereocenters. The van der Waals surface area contributed by atoms with Gasteiger partial charge in [0.2, 0.25) is 5.78 Å². The van der Waals surface area contributed by atoms with Crippen LogP contribution in [0.25, 0.3) is 16.8 Å². The van der Waals surface area contributed by atoms with Gasteiger partial charge in [0, 0.05) is 30.8 Å². The Morgan fingerprint density at radius 2 is 1.60 bits per heavy atom. The molecular weight excluding hydrogens is 498 g/mol. The monoisotopic (exact) mass is 547 g/mol. The summed E-state index contributed by atoms with van der Waals surface area (Å²) in [5.41, 5.74) is 4.45. The summed E-state index contributed by atoms with van der Waals surface area (Å²) < 4.78 is 4.04. The van der Waals surface area contributed by atoms with E-state index in [4.69, 9.17) is 4.98 Å². The zero-order valence-corrected chi connectivity index (χ0v) is 25.3. The summed E-state index contributed by atoms with van der Waals surface area (Å²) in [6.45, 7) is 14.6. The molecule has 0 saturated carbocycles. The molecule has 1 amide bonds. The van der Waals surface area contributed by atoms with Crippen LogP contribution in [0.4, 0.5) is 0 Å². The number of piperidine rings is 1. The number of imidazole rings is 1. The number of rotatable bonds is 11. The number of amides is 1. The number of hydrogen-bond donors (Lipinski definition) is 0. The van der Waals surface area contributed by atoms with Crippen LogP contribution in [0.3, 0.4) is 0 Å². The Morgan fingerprint density at radius 3 is 2.30 bits per heavy atom. The summed E-state index contributed by atoms with van der Waals surface area (Å²) in [4.78, 5) is 37.3. The van der Waals surface area contributed by atoms with Gasteiger partial charge in [-0.3, -0.25) is 9.59 Å². The lowest BCUT2D eigenvalue weighted by atomic mass is 9.97. The molecule has 3 heterocycles. The lowest BCUT2D eigenvalue weighted by molar-refractivity contribution is 0.0741. The fourth-order valence-corrected chi connectivity index (χ4v) is 6.39. The molecule has 0 bridgehead atoms. The summed E-state index contributed by atoms with van der Waals surface area (Å²) in [6, 6.07) is 5.94. The summed E-state index contributed by atoms with van der Waals surface area (Å²) >= 11 is 0. The largest absolute Gasteiger partial charge is 0.339 e. The fourth-order valence-electron chi connectivity index (χ4n) is 6.39. The van der Waals surface area contributed by atoms with Crippen molar-refractivity contribution in [2.45, 2.75) is 98.4 Å². The zero-order valence-electron chi connectivity index (χ0n) is 25.3. The van der Waals surface area contributed by atoms with Crippen LogP contribution in [0.1, 0.15) is 101 Å². The molecule has 2 aromatic heterocycles.